The summed E-state index contributed by atoms with van der Waals surface area (Å²) < 4.78 is 10.6. The third kappa shape index (κ3) is 4.88. The Kier molecular flexibility index (Phi) is 6.10. The van der Waals surface area contributed by atoms with Crippen molar-refractivity contribution >= 4 is 11.6 Å². The summed E-state index contributed by atoms with van der Waals surface area (Å²) >= 11 is 0. The highest BCUT2D eigenvalue weighted by molar-refractivity contribution is 5.49. The van der Waals surface area contributed by atoms with E-state index in [0.29, 0.717) is 18.0 Å². The SMILES string of the molecule is COc1ccc(CNc2cc(NC(C)c3ccccc3)ncn2)cc1OC. The Morgan fingerprint density at radius 2 is 1.63 bits per heavy atom. The first-order valence-electron chi connectivity index (χ1n) is 8.78. The molecular formula is C21H24N4O2. The molecule has 0 bridgehead atoms. The minimum absolute atomic E-state index is 0.153. The van der Waals surface area contributed by atoms with E-state index in [1.54, 1.807) is 20.5 Å². The van der Waals surface area contributed by atoms with Crippen LogP contribution in [0.3, 0.4) is 0 Å². The fraction of sp³-hybridized carbons (Fsp3) is 0.238. The summed E-state index contributed by atoms with van der Waals surface area (Å²) in [4.78, 5) is 8.60. The summed E-state index contributed by atoms with van der Waals surface area (Å²) in [6, 6.07) is 18.1. The van der Waals surface area contributed by atoms with Crippen LogP contribution < -0.4 is 20.1 Å². The maximum absolute atomic E-state index is 5.35. The second-order valence-electron chi connectivity index (χ2n) is 6.11. The van der Waals surface area contributed by atoms with Crippen LogP contribution in [0.25, 0.3) is 0 Å². The Morgan fingerprint density at radius 1 is 0.889 bits per heavy atom. The molecule has 2 N–H and O–H groups in total. The number of ether oxygens (including phenoxy) is 2. The molecule has 27 heavy (non-hydrogen) atoms. The second-order valence-corrected chi connectivity index (χ2v) is 6.11. The van der Waals surface area contributed by atoms with E-state index in [0.717, 1.165) is 17.2 Å². The van der Waals surface area contributed by atoms with Gasteiger partial charge in [-0.25, -0.2) is 9.97 Å². The quantitative estimate of drug-likeness (QED) is 0.622. The van der Waals surface area contributed by atoms with Crippen LogP contribution in [0.1, 0.15) is 24.1 Å². The van der Waals surface area contributed by atoms with Crippen molar-refractivity contribution in [2.75, 3.05) is 24.9 Å². The highest BCUT2D eigenvalue weighted by atomic mass is 16.5. The van der Waals surface area contributed by atoms with Crippen molar-refractivity contribution in [3.05, 3.63) is 72.1 Å². The Labute approximate surface area is 159 Å². The van der Waals surface area contributed by atoms with Crippen LogP contribution in [0, 0.1) is 0 Å². The minimum atomic E-state index is 0.153. The normalized spacial score (nSPS) is 11.5. The molecule has 2 aromatic carbocycles. The molecule has 0 aliphatic heterocycles. The van der Waals surface area contributed by atoms with Gasteiger partial charge >= 0.3 is 0 Å². The number of rotatable bonds is 8. The van der Waals surface area contributed by atoms with Crippen LogP contribution >= 0.6 is 0 Å². The zero-order valence-corrected chi connectivity index (χ0v) is 15.8. The molecule has 3 aromatic rings. The van der Waals surface area contributed by atoms with Crippen LogP contribution in [0.15, 0.2) is 60.9 Å². The Bertz CT molecular complexity index is 871. The van der Waals surface area contributed by atoms with E-state index in [1.807, 2.05) is 42.5 Å². The number of hydrogen-bond acceptors (Lipinski definition) is 6. The molecule has 0 fully saturated rings. The number of hydrogen-bond donors (Lipinski definition) is 2. The van der Waals surface area contributed by atoms with Crippen molar-refractivity contribution in [1.82, 2.24) is 9.97 Å². The summed E-state index contributed by atoms with van der Waals surface area (Å²) in [6.07, 6.45) is 1.55. The predicted molar refractivity (Wildman–Crippen MR) is 107 cm³/mol. The number of benzene rings is 2. The van der Waals surface area contributed by atoms with Gasteiger partial charge in [-0.3, -0.25) is 0 Å². The van der Waals surface area contributed by atoms with Crippen molar-refractivity contribution in [2.45, 2.75) is 19.5 Å². The molecule has 0 aliphatic carbocycles. The zero-order chi connectivity index (χ0) is 19.1. The number of anilines is 2. The van der Waals surface area contributed by atoms with Gasteiger partial charge in [0.2, 0.25) is 0 Å². The van der Waals surface area contributed by atoms with Crippen LogP contribution in [-0.2, 0) is 6.54 Å². The lowest BCUT2D eigenvalue weighted by Crippen LogP contribution is -2.09. The molecule has 6 heteroatoms. The Hall–Kier alpha value is -3.28. The van der Waals surface area contributed by atoms with Gasteiger partial charge < -0.3 is 20.1 Å². The number of methoxy groups -OCH3 is 2. The molecule has 1 heterocycles. The van der Waals surface area contributed by atoms with Gasteiger partial charge in [-0.2, -0.15) is 0 Å². The first kappa shape index (κ1) is 18.5. The van der Waals surface area contributed by atoms with Gasteiger partial charge in [0.25, 0.3) is 0 Å². The van der Waals surface area contributed by atoms with Gasteiger partial charge in [-0.15, -0.1) is 0 Å². The second kappa shape index (κ2) is 8.89. The molecule has 3 rings (SSSR count). The van der Waals surface area contributed by atoms with E-state index < -0.39 is 0 Å². The predicted octanol–water partition coefficient (Wildman–Crippen LogP) is 4.28. The number of nitrogens with one attached hydrogen (secondary N) is 2. The molecule has 0 saturated carbocycles. The third-order valence-corrected chi connectivity index (χ3v) is 4.25. The van der Waals surface area contributed by atoms with Gasteiger partial charge in [0, 0.05) is 18.7 Å². The van der Waals surface area contributed by atoms with E-state index in [-0.39, 0.29) is 6.04 Å². The molecule has 0 amide bonds. The van der Waals surface area contributed by atoms with Crippen LogP contribution in [0.5, 0.6) is 11.5 Å². The monoisotopic (exact) mass is 364 g/mol. The molecule has 1 unspecified atom stereocenters. The maximum Gasteiger partial charge on any atom is 0.161 e. The van der Waals surface area contributed by atoms with Crippen molar-refractivity contribution in [1.29, 1.82) is 0 Å². The topological polar surface area (TPSA) is 68.3 Å². The van der Waals surface area contributed by atoms with E-state index in [2.05, 4.69) is 39.7 Å². The molecule has 0 radical (unpaired) electrons. The fourth-order valence-electron chi connectivity index (χ4n) is 2.76. The molecule has 0 aliphatic rings. The summed E-state index contributed by atoms with van der Waals surface area (Å²) in [6.45, 7) is 2.72. The van der Waals surface area contributed by atoms with Gasteiger partial charge in [0.05, 0.1) is 14.2 Å². The molecular weight excluding hydrogens is 340 g/mol. The number of nitrogens with zero attached hydrogens (tertiary/aromatic N) is 2. The lowest BCUT2D eigenvalue weighted by Gasteiger charge is -2.15. The standard InChI is InChI=1S/C21H24N4O2/c1-15(17-7-5-4-6-8-17)25-21-12-20(23-14-24-21)22-13-16-9-10-18(26-2)19(11-16)27-3/h4-12,14-15H,13H2,1-3H3,(H2,22,23,24,25). The molecule has 0 saturated heterocycles. The van der Waals surface area contributed by atoms with Crippen molar-refractivity contribution in [3.8, 4) is 11.5 Å². The fourth-order valence-corrected chi connectivity index (χ4v) is 2.76. The van der Waals surface area contributed by atoms with Crippen molar-refractivity contribution < 1.29 is 9.47 Å². The zero-order valence-electron chi connectivity index (χ0n) is 15.8. The molecule has 1 aromatic heterocycles. The van der Waals surface area contributed by atoms with E-state index in [9.17, 15) is 0 Å². The van der Waals surface area contributed by atoms with Crippen molar-refractivity contribution in [3.63, 3.8) is 0 Å². The van der Waals surface area contributed by atoms with Crippen LogP contribution in [0.4, 0.5) is 11.6 Å². The highest BCUT2D eigenvalue weighted by Gasteiger charge is 2.07. The highest BCUT2D eigenvalue weighted by Crippen LogP contribution is 2.28. The van der Waals surface area contributed by atoms with Gasteiger partial charge in [0.1, 0.15) is 18.0 Å². The lowest BCUT2D eigenvalue weighted by molar-refractivity contribution is 0.354. The van der Waals surface area contributed by atoms with Gasteiger partial charge in [-0.05, 0) is 30.2 Å². The average molecular weight is 364 g/mol. The summed E-state index contributed by atoms with van der Waals surface area (Å²) in [5.74, 6) is 2.95. The first-order chi connectivity index (χ1) is 13.2. The van der Waals surface area contributed by atoms with Crippen LogP contribution in [0.2, 0.25) is 0 Å². The van der Waals surface area contributed by atoms with Gasteiger partial charge in [-0.1, -0.05) is 36.4 Å². The van der Waals surface area contributed by atoms with Crippen molar-refractivity contribution in [2.24, 2.45) is 0 Å². The number of aromatic nitrogens is 2. The largest absolute Gasteiger partial charge is 0.493 e. The van der Waals surface area contributed by atoms with E-state index in [4.69, 9.17) is 9.47 Å². The molecule has 0 spiro atoms. The Balaban J connectivity index is 1.64. The van der Waals surface area contributed by atoms with Gasteiger partial charge in [0.15, 0.2) is 11.5 Å². The third-order valence-electron chi connectivity index (χ3n) is 4.25. The Morgan fingerprint density at radius 3 is 2.37 bits per heavy atom. The lowest BCUT2D eigenvalue weighted by atomic mass is 10.1. The average Bonchev–Trinajstić information content (AvgIpc) is 2.73. The molecule has 6 nitrogen and oxygen atoms in total. The summed E-state index contributed by atoms with van der Waals surface area (Å²) in [5.41, 5.74) is 2.27. The maximum atomic E-state index is 5.35. The summed E-state index contributed by atoms with van der Waals surface area (Å²) in [5, 5.41) is 6.72. The smallest absolute Gasteiger partial charge is 0.161 e. The molecule has 140 valence electrons. The van der Waals surface area contributed by atoms with E-state index in [1.165, 1.54) is 5.56 Å². The minimum Gasteiger partial charge on any atom is -0.493 e. The van der Waals surface area contributed by atoms with Crippen LogP contribution in [-0.4, -0.2) is 24.2 Å². The first-order valence-corrected chi connectivity index (χ1v) is 8.78. The molecule has 1 atom stereocenters. The summed E-state index contributed by atoms with van der Waals surface area (Å²) in [7, 11) is 3.26. The van der Waals surface area contributed by atoms with E-state index >= 15 is 0 Å².